The maximum absolute atomic E-state index is 10.8. The van der Waals surface area contributed by atoms with Gasteiger partial charge in [-0.05, 0) is 25.0 Å². The standard InChI is InChI=1S/C10H13ClN2O2/c1-3-4-12-9-6-8(11)7(2)5-10(9)13(14)15/h5-6,12H,3-4H2,1-2H3. The number of rotatable bonds is 4. The number of halogens is 1. The smallest absolute Gasteiger partial charge is 0.292 e. The number of nitro groups is 1. The second-order valence-corrected chi connectivity index (χ2v) is 3.71. The van der Waals surface area contributed by atoms with Gasteiger partial charge in [-0.15, -0.1) is 0 Å². The van der Waals surface area contributed by atoms with Gasteiger partial charge in [-0.25, -0.2) is 0 Å². The molecule has 0 spiro atoms. The normalized spacial score (nSPS) is 10.1. The third-order valence-corrected chi connectivity index (χ3v) is 2.45. The molecule has 0 amide bonds. The lowest BCUT2D eigenvalue weighted by molar-refractivity contribution is -0.384. The third kappa shape index (κ3) is 2.83. The summed E-state index contributed by atoms with van der Waals surface area (Å²) >= 11 is 5.91. The van der Waals surface area contributed by atoms with Crippen molar-refractivity contribution in [2.75, 3.05) is 11.9 Å². The highest BCUT2D eigenvalue weighted by Gasteiger charge is 2.15. The molecular formula is C10H13ClN2O2. The molecule has 0 aliphatic heterocycles. The van der Waals surface area contributed by atoms with Crippen LogP contribution in [0.4, 0.5) is 11.4 Å². The third-order valence-electron chi connectivity index (χ3n) is 2.04. The van der Waals surface area contributed by atoms with Crippen LogP contribution in [0.1, 0.15) is 18.9 Å². The fourth-order valence-corrected chi connectivity index (χ4v) is 1.38. The molecule has 1 N–H and O–H groups in total. The molecule has 82 valence electrons. The Morgan fingerprint density at radius 1 is 1.53 bits per heavy atom. The SMILES string of the molecule is CCCNc1cc(Cl)c(C)cc1[N+](=O)[O-]. The summed E-state index contributed by atoms with van der Waals surface area (Å²) < 4.78 is 0. The summed E-state index contributed by atoms with van der Waals surface area (Å²) in [5, 5.41) is 14.3. The molecule has 0 bridgehead atoms. The van der Waals surface area contributed by atoms with E-state index in [1.165, 1.54) is 6.07 Å². The van der Waals surface area contributed by atoms with E-state index in [0.717, 1.165) is 6.42 Å². The van der Waals surface area contributed by atoms with Crippen molar-refractivity contribution >= 4 is 23.0 Å². The van der Waals surface area contributed by atoms with Gasteiger partial charge >= 0.3 is 0 Å². The van der Waals surface area contributed by atoms with E-state index in [4.69, 9.17) is 11.6 Å². The van der Waals surface area contributed by atoms with Crippen LogP contribution in [0.25, 0.3) is 0 Å². The van der Waals surface area contributed by atoms with Crippen molar-refractivity contribution in [3.05, 3.63) is 32.8 Å². The van der Waals surface area contributed by atoms with Gasteiger partial charge in [0.25, 0.3) is 5.69 Å². The van der Waals surface area contributed by atoms with Crippen molar-refractivity contribution in [2.24, 2.45) is 0 Å². The van der Waals surface area contributed by atoms with Crippen LogP contribution < -0.4 is 5.32 Å². The Kier molecular flexibility index (Phi) is 3.91. The Balaban J connectivity index is 3.10. The van der Waals surface area contributed by atoms with Crippen molar-refractivity contribution in [2.45, 2.75) is 20.3 Å². The number of hydrogen-bond donors (Lipinski definition) is 1. The van der Waals surface area contributed by atoms with Crippen LogP contribution in [0.2, 0.25) is 5.02 Å². The zero-order valence-electron chi connectivity index (χ0n) is 8.71. The first-order valence-corrected chi connectivity index (χ1v) is 5.12. The monoisotopic (exact) mass is 228 g/mol. The summed E-state index contributed by atoms with van der Waals surface area (Å²) in [6.07, 6.45) is 0.905. The Hall–Kier alpha value is -1.29. The minimum absolute atomic E-state index is 0.0744. The highest BCUT2D eigenvalue weighted by atomic mass is 35.5. The first-order chi connectivity index (χ1) is 7.06. The summed E-state index contributed by atoms with van der Waals surface area (Å²) in [5.74, 6) is 0. The molecule has 0 fully saturated rings. The average molecular weight is 229 g/mol. The molecule has 5 heteroatoms. The quantitative estimate of drug-likeness (QED) is 0.635. The fourth-order valence-electron chi connectivity index (χ4n) is 1.22. The van der Waals surface area contributed by atoms with Gasteiger partial charge in [0.1, 0.15) is 5.69 Å². The van der Waals surface area contributed by atoms with Crippen LogP contribution in [0.3, 0.4) is 0 Å². The summed E-state index contributed by atoms with van der Waals surface area (Å²) in [6.45, 7) is 4.44. The predicted octanol–water partition coefficient (Wildman–Crippen LogP) is 3.38. The molecule has 0 atom stereocenters. The lowest BCUT2D eigenvalue weighted by Crippen LogP contribution is -2.03. The highest BCUT2D eigenvalue weighted by Crippen LogP contribution is 2.30. The minimum Gasteiger partial charge on any atom is -0.379 e. The van der Waals surface area contributed by atoms with Crippen LogP contribution in [0.15, 0.2) is 12.1 Å². The van der Waals surface area contributed by atoms with E-state index in [-0.39, 0.29) is 5.69 Å². The largest absolute Gasteiger partial charge is 0.379 e. The van der Waals surface area contributed by atoms with Gasteiger partial charge in [0, 0.05) is 17.6 Å². The van der Waals surface area contributed by atoms with Crippen molar-refractivity contribution in [1.29, 1.82) is 0 Å². The second kappa shape index (κ2) is 4.98. The molecule has 0 aromatic heterocycles. The lowest BCUT2D eigenvalue weighted by Gasteiger charge is -2.07. The maximum Gasteiger partial charge on any atom is 0.292 e. The Bertz CT molecular complexity index is 380. The molecule has 0 radical (unpaired) electrons. The summed E-state index contributed by atoms with van der Waals surface area (Å²) in [7, 11) is 0. The van der Waals surface area contributed by atoms with E-state index >= 15 is 0 Å². The number of nitro benzene ring substituents is 1. The van der Waals surface area contributed by atoms with Gasteiger partial charge in [-0.3, -0.25) is 10.1 Å². The van der Waals surface area contributed by atoms with E-state index in [9.17, 15) is 10.1 Å². The van der Waals surface area contributed by atoms with Gasteiger partial charge < -0.3 is 5.32 Å². The molecule has 15 heavy (non-hydrogen) atoms. The Labute approximate surface area is 93.4 Å². The number of nitrogens with one attached hydrogen (secondary N) is 1. The van der Waals surface area contributed by atoms with E-state index < -0.39 is 4.92 Å². The zero-order chi connectivity index (χ0) is 11.4. The average Bonchev–Trinajstić information content (AvgIpc) is 2.19. The molecule has 0 aliphatic rings. The molecule has 1 aromatic rings. The lowest BCUT2D eigenvalue weighted by atomic mass is 10.2. The number of anilines is 1. The van der Waals surface area contributed by atoms with Crippen molar-refractivity contribution < 1.29 is 4.92 Å². The van der Waals surface area contributed by atoms with E-state index in [0.29, 0.717) is 22.8 Å². The maximum atomic E-state index is 10.8. The number of hydrogen-bond acceptors (Lipinski definition) is 3. The molecule has 0 unspecified atom stereocenters. The summed E-state index contributed by atoms with van der Waals surface area (Å²) in [5.41, 5.74) is 1.27. The van der Waals surface area contributed by atoms with Gasteiger partial charge in [0.15, 0.2) is 0 Å². The first kappa shape index (κ1) is 11.8. The molecule has 0 aliphatic carbocycles. The first-order valence-electron chi connectivity index (χ1n) is 4.74. The topological polar surface area (TPSA) is 55.2 Å². The number of benzene rings is 1. The van der Waals surface area contributed by atoms with Crippen molar-refractivity contribution in [1.82, 2.24) is 0 Å². The van der Waals surface area contributed by atoms with Crippen LogP contribution in [-0.4, -0.2) is 11.5 Å². The molecule has 4 nitrogen and oxygen atoms in total. The van der Waals surface area contributed by atoms with E-state index in [1.54, 1.807) is 13.0 Å². The van der Waals surface area contributed by atoms with Gasteiger partial charge in [0.05, 0.1) is 4.92 Å². The molecule has 0 saturated carbocycles. The number of aryl methyl sites for hydroxylation is 1. The Morgan fingerprint density at radius 3 is 2.73 bits per heavy atom. The summed E-state index contributed by atoms with van der Waals surface area (Å²) in [6, 6.07) is 3.09. The predicted molar refractivity (Wildman–Crippen MR) is 61.6 cm³/mol. The molecule has 1 aromatic carbocycles. The van der Waals surface area contributed by atoms with Gasteiger partial charge in [0.2, 0.25) is 0 Å². The molecule has 1 rings (SSSR count). The van der Waals surface area contributed by atoms with Crippen LogP contribution in [0, 0.1) is 17.0 Å². The number of nitrogens with zero attached hydrogens (tertiary/aromatic N) is 1. The van der Waals surface area contributed by atoms with E-state index in [1.807, 2.05) is 6.92 Å². The van der Waals surface area contributed by atoms with Crippen LogP contribution in [0.5, 0.6) is 0 Å². The van der Waals surface area contributed by atoms with Crippen molar-refractivity contribution in [3.8, 4) is 0 Å². The molecular weight excluding hydrogens is 216 g/mol. The summed E-state index contributed by atoms with van der Waals surface area (Å²) in [4.78, 5) is 10.4. The van der Waals surface area contributed by atoms with Gasteiger partial charge in [-0.1, -0.05) is 18.5 Å². The van der Waals surface area contributed by atoms with Crippen molar-refractivity contribution in [3.63, 3.8) is 0 Å². The van der Waals surface area contributed by atoms with Crippen LogP contribution in [-0.2, 0) is 0 Å². The van der Waals surface area contributed by atoms with E-state index in [2.05, 4.69) is 5.32 Å². The highest BCUT2D eigenvalue weighted by molar-refractivity contribution is 6.31. The minimum atomic E-state index is -0.401. The molecule has 0 saturated heterocycles. The Morgan fingerprint density at radius 2 is 2.20 bits per heavy atom. The van der Waals surface area contributed by atoms with Crippen LogP contribution >= 0.6 is 11.6 Å². The second-order valence-electron chi connectivity index (χ2n) is 3.30. The molecule has 0 heterocycles. The van der Waals surface area contributed by atoms with Gasteiger partial charge in [-0.2, -0.15) is 0 Å². The zero-order valence-corrected chi connectivity index (χ0v) is 9.47. The fraction of sp³-hybridized carbons (Fsp3) is 0.400.